The van der Waals surface area contributed by atoms with Crippen LogP contribution in [0.5, 0.6) is 0 Å². The van der Waals surface area contributed by atoms with Crippen LogP contribution >= 0.6 is 0 Å². The predicted molar refractivity (Wildman–Crippen MR) is 268 cm³/mol. The Bertz CT molecular complexity index is 3450. The van der Waals surface area contributed by atoms with E-state index in [-0.39, 0.29) is 16.7 Å². The molecule has 0 radical (unpaired) electrons. The van der Waals surface area contributed by atoms with Gasteiger partial charge in [0.1, 0.15) is 0 Å². The predicted octanol–water partition coefficient (Wildman–Crippen LogP) is 13.9. The summed E-state index contributed by atoms with van der Waals surface area (Å²) in [6.45, 7) is 0. The maximum Gasteiger partial charge on any atom is 0.164 e. The van der Waals surface area contributed by atoms with Crippen molar-refractivity contribution in [3.63, 3.8) is 0 Å². The summed E-state index contributed by atoms with van der Waals surface area (Å²) < 4.78 is 0. The van der Waals surface area contributed by atoms with Gasteiger partial charge in [0.15, 0.2) is 17.5 Å². The second-order valence-corrected chi connectivity index (χ2v) is 18.0. The molecule has 14 rings (SSSR count). The smallest absolute Gasteiger partial charge is 0.164 e. The second kappa shape index (κ2) is 15.6. The maximum atomic E-state index is 5.14. The molecule has 0 N–H and O–H groups in total. The van der Waals surface area contributed by atoms with Crippen molar-refractivity contribution in [2.24, 2.45) is 11.8 Å². The van der Waals surface area contributed by atoms with Crippen LogP contribution in [0, 0.1) is 11.8 Å². The fraction of sp³-hybridized carbons (Fsp3) is 0.0806. The number of nitrogens with zero attached hydrogens (tertiary/aromatic N) is 5. The quantitative estimate of drug-likeness (QED) is 0.142. The van der Waals surface area contributed by atoms with Crippen molar-refractivity contribution < 1.29 is 0 Å². The molecule has 316 valence electrons. The van der Waals surface area contributed by atoms with Crippen molar-refractivity contribution in [1.29, 1.82) is 0 Å². The molecule has 0 aliphatic heterocycles. The molecule has 0 saturated heterocycles. The van der Waals surface area contributed by atoms with Gasteiger partial charge in [-0.05, 0) is 122 Å². The van der Waals surface area contributed by atoms with Gasteiger partial charge in [-0.2, -0.15) is 0 Å². The molecule has 3 heterocycles. The summed E-state index contributed by atoms with van der Waals surface area (Å²) in [5.41, 5.74) is 16.5. The Morgan fingerprint density at radius 1 is 0.358 bits per heavy atom. The molecule has 0 fully saturated rings. The fourth-order valence-electron chi connectivity index (χ4n) is 11.9. The zero-order valence-corrected chi connectivity index (χ0v) is 36.6. The minimum Gasteiger partial charge on any atom is -0.265 e. The number of hydrogen-bond acceptors (Lipinski definition) is 5. The van der Waals surface area contributed by atoms with E-state index in [9.17, 15) is 0 Å². The van der Waals surface area contributed by atoms with Gasteiger partial charge < -0.3 is 0 Å². The van der Waals surface area contributed by atoms with E-state index in [1.807, 2.05) is 91.4 Å². The Hall–Kier alpha value is -8.41. The molecule has 7 aromatic carbocycles. The molecule has 4 atom stereocenters. The van der Waals surface area contributed by atoms with Gasteiger partial charge in [-0.1, -0.05) is 170 Å². The number of allylic oxidation sites excluding steroid dienone is 2. The van der Waals surface area contributed by atoms with E-state index in [0.29, 0.717) is 23.4 Å². The zero-order chi connectivity index (χ0) is 44.4. The van der Waals surface area contributed by atoms with Crippen LogP contribution in [0.1, 0.15) is 39.8 Å². The number of hydrogen-bond donors (Lipinski definition) is 0. The van der Waals surface area contributed by atoms with E-state index >= 15 is 0 Å². The first-order chi connectivity index (χ1) is 33.2. The summed E-state index contributed by atoms with van der Waals surface area (Å²) in [6.07, 6.45) is 11.6. The third-order valence-electron chi connectivity index (χ3n) is 14.6. The molecule has 4 aliphatic rings. The van der Waals surface area contributed by atoms with Crippen molar-refractivity contribution in [1.82, 2.24) is 24.9 Å². The molecule has 3 aromatic heterocycles. The number of benzene rings is 7. The highest BCUT2D eigenvalue weighted by Gasteiger charge is 2.66. The molecular weight excluding hydrogens is 815 g/mol. The normalized spacial score (nSPS) is 19.6. The number of aromatic nitrogens is 5. The monoisotopic (exact) mass is 857 g/mol. The molecular formula is C62H43N5. The van der Waals surface area contributed by atoms with Crippen LogP contribution < -0.4 is 0 Å². The van der Waals surface area contributed by atoms with E-state index in [1.54, 1.807) is 0 Å². The maximum absolute atomic E-state index is 5.14. The summed E-state index contributed by atoms with van der Waals surface area (Å²) in [4.78, 5) is 24.7. The molecule has 67 heavy (non-hydrogen) atoms. The average Bonchev–Trinajstić information content (AvgIpc) is 3.93. The van der Waals surface area contributed by atoms with Crippen molar-refractivity contribution in [2.75, 3.05) is 0 Å². The average molecular weight is 858 g/mol. The van der Waals surface area contributed by atoms with Gasteiger partial charge in [0.2, 0.25) is 0 Å². The highest BCUT2D eigenvalue weighted by atomic mass is 15.0. The SMILES string of the molecule is C1=CC2C(C1)C1(c3ccccc3)c3ccccc3C2(c2ccccc2)c2cc(-c3cc(-c4cc(-c5ccncc5)cc(-c5nc(-c6ccccc6)nc(-c6ccccc6)n5)c4)ccn3)ccc21. The first-order valence-electron chi connectivity index (χ1n) is 23.1. The van der Waals surface area contributed by atoms with E-state index in [1.165, 1.54) is 33.4 Å². The van der Waals surface area contributed by atoms with Crippen LogP contribution in [0.4, 0.5) is 0 Å². The molecule has 0 saturated carbocycles. The van der Waals surface area contributed by atoms with Crippen LogP contribution in [-0.4, -0.2) is 24.9 Å². The lowest BCUT2D eigenvalue weighted by molar-refractivity contribution is 0.191. The standard InChI is InChI=1S/C62H43N5/c1-5-16-42(17-6-1)58-65-59(43-18-7-2-8-19-43)67-60(66-58)48-37-46(41-30-33-63-34-31-41)36-47(38-48)44-32-35-64-57(40-44)45-28-29-55-56(39-45)62(50-22-11-4-12-23-50)52-25-14-13-24-51(52)61(55,49-20-9-3-10-21-49)53-26-15-27-54(53)62/h1-25,27-40,53-54H,26H2. The molecule has 0 spiro atoms. The molecule has 10 aromatic rings. The molecule has 4 aliphatic carbocycles. The highest BCUT2D eigenvalue weighted by molar-refractivity contribution is 5.83. The highest BCUT2D eigenvalue weighted by Crippen LogP contribution is 2.70. The van der Waals surface area contributed by atoms with E-state index < -0.39 is 0 Å². The first kappa shape index (κ1) is 39.0. The van der Waals surface area contributed by atoms with Crippen LogP contribution in [0.25, 0.3) is 67.7 Å². The first-order valence-corrected chi connectivity index (χ1v) is 23.1. The largest absolute Gasteiger partial charge is 0.265 e. The Labute approximate surface area is 390 Å². The van der Waals surface area contributed by atoms with Crippen LogP contribution in [-0.2, 0) is 10.8 Å². The second-order valence-electron chi connectivity index (χ2n) is 18.0. The fourth-order valence-corrected chi connectivity index (χ4v) is 11.9. The Morgan fingerprint density at radius 2 is 0.866 bits per heavy atom. The summed E-state index contributed by atoms with van der Waals surface area (Å²) in [5, 5.41) is 0. The van der Waals surface area contributed by atoms with Gasteiger partial charge in [-0.3, -0.25) is 9.97 Å². The molecule has 0 amide bonds. The molecule has 5 heteroatoms. The zero-order valence-electron chi connectivity index (χ0n) is 36.6. The van der Waals surface area contributed by atoms with E-state index in [0.717, 1.165) is 56.6 Å². The minimum absolute atomic E-state index is 0.265. The van der Waals surface area contributed by atoms with Crippen molar-refractivity contribution in [3.8, 4) is 67.7 Å². The minimum atomic E-state index is -0.384. The lowest BCUT2D eigenvalue weighted by atomic mass is 9.39. The Morgan fingerprint density at radius 3 is 1.51 bits per heavy atom. The van der Waals surface area contributed by atoms with Gasteiger partial charge in [-0.15, -0.1) is 0 Å². The van der Waals surface area contributed by atoms with Gasteiger partial charge in [-0.25, -0.2) is 15.0 Å². The summed E-state index contributed by atoms with van der Waals surface area (Å²) in [5.74, 6) is 2.47. The number of rotatable bonds is 8. The topological polar surface area (TPSA) is 64.5 Å². The van der Waals surface area contributed by atoms with Gasteiger partial charge in [0.05, 0.1) is 11.1 Å². The molecule has 4 unspecified atom stereocenters. The third kappa shape index (κ3) is 6.04. The summed E-state index contributed by atoms with van der Waals surface area (Å²) in [6, 6.07) is 74.4. The summed E-state index contributed by atoms with van der Waals surface area (Å²) >= 11 is 0. The summed E-state index contributed by atoms with van der Waals surface area (Å²) in [7, 11) is 0. The molecule has 2 bridgehead atoms. The Balaban J connectivity index is 0.999. The van der Waals surface area contributed by atoms with E-state index in [4.69, 9.17) is 19.9 Å². The van der Waals surface area contributed by atoms with Crippen molar-refractivity contribution >= 4 is 0 Å². The van der Waals surface area contributed by atoms with Crippen LogP contribution in [0.2, 0.25) is 0 Å². The van der Waals surface area contributed by atoms with Gasteiger partial charge in [0, 0.05) is 46.3 Å². The van der Waals surface area contributed by atoms with Crippen molar-refractivity contribution in [2.45, 2.75) is 17.3 Å². The lowest BCUT2D eigenvalue weighted by Crippen LogP contribution is -2.59. The molecule has 5 nitrogen and oxygen atoms in total. The van der Waals surface area contributed by atoms with Crippen molar-refractivity contribution in [3.05, 3.63) is 270 Å². The lowest BCUT2D eigenvalue weighted by Gasteiger charge is -2.62. The van der Waals surface area contributed by atoms with Crippen LogP contribution in [0.3, 0.4) is 0 Å². The van der Waals surface area contributed by atoms with Crippen LogP contribution in [0.15, 0.2) is 237 Å². The van der Waals surface area contributed by atoms with Gasteiger partial charge in [0.25, 0.3) is 0 Å². The third-order valence-corrected chi connectivity index (χ3v) is 14.6. The van der Waals surface area contributed by atoms with E-state index in [2.05, 4.69) is 151 Å². The van der Waals surface area contributed by atoms with Gasteiger partial charge >= 0.3 is 0 Å². The Kier molecular flexibility index (Phi) is 9.10. The number of pyridine rings is 2.